The van der Waals surface area contributed by atoms with Crippen molar-refractivity contribution in [1.82, 2.24) is 14.9 Å². The molecule has 1 fully saturated rings. The van der Waals surface area contributed by atoms with Crippen LogP contribution in [0, 0.1) is 5.92 Å². The molecule has 0 atom stereocenters. The Labute approximate surface area is 110 Å². The molecule has 1 aromatic rings. The summed E-state index contributed by atoms with van der Waals surface area (Å²) in [5, 5.41) is 3.45. The molecule has 0 unspecified atom stereocenters. The van der Waals surface area contributed by atoms with Gasteiger partial charge in [0.2, 0.25) is 0 Å². The summed E-state index contributed by atoms with van der Waals surface area (Å²) >= 11 is 0. The molecule has 0 saturated heterocycles. The molecule has 2 aliphatic rings. The van der Waals surface area contributed by atoms with Gasteiger partial charge in [0, 0.05) is 37.7 Å². The van der Waals surface area contributed by atoms with Gasteiger partial charge in [-0.25, -0.2) is 4.98 Å². The van der Waals surface area contributed by atoms with Crippen molar-refractivity contribution in [1.29, 1.82) is 0 Å². The van der Waals surface area contributed by atoms with Crippen molar-refractivity contribution in [3.63, 3.8) is 0 Å². The minimum atomic E-state index is 0.696. The highest BCUT2D eigenvalue weighted by Gasteiger charge is 2.26. The topological polar surface area (TPSA) is 29.9 Å². The Morgan fingerprint density at radius 2 is 2.11 bits per heavy atom. The van der Waals surface area contributed by atoms with Crippen LogP contribution in [0.2, 0.25) is 0 Å². The number of imidazole rings is 1. The minimum Gasteiger partial charge on any atom is -0.329 e. The van der Waals surface area contributed by atoms with Gasteiger partial charge in [-0.05, 0) is 18.8 Å². The number of fused-ring (bicyclic) bond motifs is 1. The van der Waals surface area contributed by atoms with Gasteiger partial charge in [0.15, 0.2) is 0 Å². The van der Waals surface area contributed by atoms with Crippen molar-refractivity contribution in [3.8, 4) is 0 Å². The molecule has 1 saturated carbocycles. The van der Waals surface area contributed by atoms with Gasteiger partial charge in [-0.1, -0.05) is 26.7 Å². The second-order valence-electron chi connectivity index (χ2n) is 6.25. The smallest absolute Gasteiger partial charge is 0.109 e. The molecule has 1 aromatic heterocycles. The second kappa shape index (κ2) is 5.04. The van der Waals surface area contributed by atoms with E-state index in [1.54, 1.807) is 0 Å². The molecule has 0 aromatic carbocycles. The molecule has 0 bridgehead atoms. The van der Waals surface area contributed by atoms with Gasteiger partial charge >= 0.3 is 0 Å². The molecular formula is C15H25N3. The Hall–Kier alpha value is -0.830. The Bertz CT molecular complexity index is 414. The lowest BCUT2D eigenvalue weighted by molar-refractivity contribution is 0.458. The van der Waals surface area contributed by atoms with Crippen LogP contribution in [-0.2, 0) is 19.4 Å². The molecule has 18 heavy (non-hydrogen) atoms. The number of rotatable bonds is 3. The monoisotopic (exact) mass is 247 g/mol. The second-order valence-corrected chi connectivity index (χ2v) is 6.25. The summed E-state index contributed by atoms with van der Waals surface area (Å²) < 4.78 is 2.63. The summed E-state index contributed by atoms with van der Waals surface area (Å²) in [6, 6.07) is 0.744. The first kappa shape index (κ1) is 12.2. The fourth-order valence-electron chi connectivity index (χ4n) is 3.49. The maximum Gasteiger partial charge on any atom is 0.109 e. The molecule has 100 valence electrons. The van der Waals surface area contributed by atoms with E-state index in [0.29, 0.717) is 5.92 Å². The predicted molar refractivity (Wildman–Crippen MR) is 73.7 cm³/mol. The van der Waals surface area contributed by atoms with Crippen LogP contribution in [0.15, 0.2) is 0 Å². The van der Waals surface area contributed by atoms with E-state index in [2.05, 4.69) is 23.7 Å². The summed E-state index contributed by atoms with van der Waals surface area (Å²) in [7, 11) is 0. The van der Waals surface area contributed by atoms with Crippen molar-refractivity contribution in [3.05, 3.63) is 17.2 Å². The summed E-state index contributed by atoms with van der Waals surface area (Å²) in [6.45, 7) is 6.68. The number of nitrogens with zero attached hydrogens (tertiary/aromatic N) is 2. The Balaban J connectivity index is 1.98. The molecule has 0 spiro atoms. The highest BCUT2D eigenvalue weighted by atomic mass is 15.1. The SMILES string of the molecule is CC(C)Cc1nc2c(n1C1CCCC1)CCNC2. The van der Waals surface area contributed by atoms with Gasteiger partial charge in [-0.2, -0.15) is 0 Å². The van der Waals surface area contributed by atoms with Crippen LogP contribution in [0.25, 0.3) is 0 Å². The zero-order valence-corrected chi connectivity index (χ0v) is 11.7. The minimum absolute atomic E-state index is 0.696. The van der Waals surface area contributed by atoms with E-state index < -0.39 is 0 Å². The maximum absolute atomic E-state index is 4.94. The number of hydrogen-bond donors (Lipinski definition) is 1. The van der Waals surface area contributed by atoms with Gasteiger partial charge in [0.1, 0.15) is 5.82 Å². The van der Waals surface area contributed by atoms with Crippen molar-refractivity contribution >= 4 is 0 Å². The zero-order chi connectivity index (χ0) is 12.5. The number of nitrogens with one attached hydrogen (secondary N) is 1. The first-order valence-corrected chi connectivity index (χ1v) is 7.55. The average Bonchev–Trinajstić information content (AvgIpc) is 2.93. The van der Waals surface area contributed by atoms with Crippen molar-refractivity contribution in [2.24, 2.45) is 5.92 Å². The van der Waals surface area contributed by atoms with E-state index >= 15 is 0 Å². The highest BCUT2D eigenvalue weighted by Crippen LogP contribution is 2.34. The maximum atomic E-state index is 4.94. The first-order chi connectivity index (χ1) is 8.75. The summed E-state index contributed by atoms with van der Waals surface area (Å²) in [6.07, 6.45) is 7.82. The third-order valence-corrected chi connectivity index (χ3v) is 4.28. The molecule has 3 heteroatoms. The molecule has 2 heterocycles. The van der Waals surface area contributed by atoms with E-state index in [1.807, 2.05) is 0 Å². The average molecular weight is 247 g/mol. The third kappa shape index (κ3) is 2.20. The lowest BCUT2D eigenvalue weighted by Crippen LogP contribution is -2.25. The van der Waals surface area contributed by atoms with Crippen molar-refractivity contribution in [2.45, 2.75) is 65.0 Å². The fraction of sp³-hybridized carbons (Fsp3) is 0.800. The molecule has 1 N–H and O–H groups in total. The van der Waals surface area contributed by atoms with Gasteiger partial charge < -0.3 is 9.88 Å². The quantitative estimate of drug-likeness (QED) is 0.890. The van der Waals surface area contributed by atoms with Gasteiger partial charge in [0.25, 0.3) is 0 Å². The van der Waals surface area contributed by atoms with Gasteiger partial charge in [0.05, 0.1) is 5.69 Å². The molecule has 1 aliphatic carbocycles. The van der Waals surface area contributed by atoms with Crippen molar-refractivity contribution in [2.75, 3.05) is 6.54 Å². The molecular weight excluding hydrogens is 222 g/mol. The van der Waals surface area contributed by atoms with E-state index in [4.69, 9.17) is 4.98 Å². The number of aromatic nitrogens is 2. The molecule has 3 nitrogen and oxygen atoms in total. The Kier molecular flexibility index (Phi) is 3.42. The zero-order valence-electron chi connectivity index (χ0n) is 11.7. The normalized spacial score (nSPS) is 20.6. The van der Waals surface area contributed by atoms with Crippen LogP contribution in [0.5, 0.6) is 0 Å². The fourth-order valence-corrected chi connectivity index (χ4v) is 3.49. The van der Waals surface area contributed by atoms with Crippen LogP contribution in [0.4, 0.5) is 0 Å². The standard InChI is InChI=1S/C15H25N3/c1-11(2)9-15-17-13-10-16-8-7-14(13)18(15)12-5-3-4-6-12/h11-12,16H,3-10H2,1-2H3. The molecule has 0 amide bonds. The summed E-state index contributed by atoms with van der Waals surface area (Å²) in [5.74, 6) is 2.05. The van der Waals surface area contributed by atoms with Crippen LogP contribution in [0.3, 0.4) is 0 Å². The lowest BCUT2D eigenvalue weighted by Gasteiger charge is -2.21. The molecule has 3 rings (SSSR count). The van der Waals surface area contributed by atoms with Crippen LogP contribution < -0.4 is 5.32 Å². The van der Waals surface area contributed by atoms with E-state index in [1.165, 1.54) is 42.9 Å². The van der Waals surface area contributed by atoms with Gasteiger partial charge in [-0.15, -0.1) is 0 Å². The van der Waals surface area contributed by atoms with Crippen molar-refractivity contribution < 1.29 is 0 Å². The third-order valence-electron chi connectivity index (χ3n) is 4.28. The van der Waals surface area contributed by atoms with E-state index in [-0.39, 0.29) is 0 Å². The largest absolute Gasteiger partial charge is 0.329 e. The van der Waals surface area contributed by atoms with E-state index in [0.717, 1.165) is 32.0 Å². The Morgan fingerprint density at radius 1 is 1.33 bits per heavy atom. The van der Waals surface area contributed by atoms with Crippen LogP contribution in [0.1, 0.15) is 62.8 Å². The number of hydrogen-bond acceptors (Lipinski definition) is 2. The van der Waals surface area contributed by atoms with E-state index in [9.17, 15) is 0 Å². The van der Waals surface area contributed by atoms with Crippen LogP contribution in [-0.4, -0.2) is 16.1 Å². The first-order valence-electron chi connectivity index (χ1n) is 7.55. The lowest BCUT2D eigenvalue weighted by atomic mass is 10.1. The van der Waals surface area contributed by atoms with Crippen LogP contribution >= 0.6 is 0 Å². The predicted octanol–water partition coefficient (Wildman–Crippen LogP) is 2.84. The Morgan fingerprint density at radius 3 is 2.83 bits per heavy atom. The summed E-state index contributed by atoms with van der Waals surface area (Å²) in [4.78, 5) is 4.94. The van der Waals surface area contributed by atoms with Gasteiger partial charge in [-0.3, -0.25) is 0 Å². The molecule has 0 radical (unpaired) electrons. The summed E-state index contributed by atoms with van der Waals surface area (Å²) in [5.41, 5.74) is 2.86. The highest BCUT2D eigenvalue weighted by molar-refractivity contribution is 5.22. The molecule has 1 aliphatic heterocycles.